The molecule has 3 heterocycles. The predicted molar refractivity (Wildman–Crippen MR) is 164 cm³/mol. The summed E-state index contributed by atoms with van der Waals surface area (Å²) in [5.41, 5.74) is 0.768. The van der Waals surface area contributed by atoms with Crippen LogP contribution in [-0.4, -0.2) is 99.4 Å². The average Bonchev–Trinajstić information content (AvgIpc) is 3.65. The number of dihydropyridines is 1. The Kier molecular flexibility index (Phi) is 10.0. The summed E-state index contributed by atoms with van der Waals surface area (Å²) in [6.45, 7) is 2.99. The van der Waals surface area contributed by atoms with E-state index in [1.807, 2.05) is 13.1 Å². The van der Waals surface area contributed by atoms with Crippen LogP contribution >= 0.6 is 11.8 Å². The van der Waals surface area contributed by atoms with Crippen molar-refractivity contribution in [3.05, 3.63) is 42.0 Å². The summed E-state index contributed by atoms with van der Waals surface area (Å²) in [5.74, 6) is 0.354. The molecule has 2 fully saturated rings. The van der Waals surface area contributed by atoms with E-state index in [0.717, 1.165) is 44.3 Å². The van der Waals surface area contributed by atoms with Gasteiger partial charge in [0.1, 0.15) is 11.4 Å². The molecule has 4 aliphatic rings. The number of nitrogens with one attached hydrogen (secondary N) is 2. The summed E-state index contributed by atoms with van der Waals surface area (Å²) in [6, 6.07) is 6.38. The topological polar surface area (TPSA) is 133 Å². The van der Waals surface area contributed by atoms with Gasteiger partial charge in [-0.25, -0.2) is 18.1 Å². The zero-order chi connectivity index (χ0) is 29.7. The average molecular weight is 617 g/mol. The highest BCUT2D eigenvalue weighted by atomic mass is 32.2. The number of methoxy groups -OCH3 is 1. The molecule has 1 saturated carbocycles. The number of ether oxygens (including phenoxy) is 1. The summed E-state index contributed by atoms with van der Waals surface area (Å²) in [7, 11) is -0.208. The molecule has 0 aromatic heterocycles. The second-order valence-corrected chi connectivity index (χ2v) is 14.2. The quantitative estimate of drug-likeness (QED) is 0.435. The highest BCUT2D eigenvalue weighted by Crippen LogP contribution is 2.36. The largest absolute Gasteiger partial charge is 0.481 e. The zero-order valence-corrected chi connectivity index (χ0v) is 25.8. The van der Waals surface area contributed by atoms with Crippen molar-refractivity contribution >= 4 is 44.7 Å². The van der Waals surface area contributed by atoms with Crippen molar-refractivity contribution in [3.8, 4) is 0 Å². The molecule has 11 nitrogen and oxygen atoms in total. The Morgan fingerprint density at radius 2 is 1.81 bits per heavy atom. The van der Waals surface area contributed by atoms with Crippen LogP contribution in [0.1, 0.15) is 50.0 Å². The van der Waals surface area contributed by atoms with Gasteiger partial charge < -0.3 is 19.9 Å². The number of hydrogen-bond donors (Lipinski definition) is 2. The van der Waals surface area contributed by atoms with Gasteiger partial charge in [-0.2, -0.15) is 0 Å². The van der Waals surface area contributed by atoms with E-state index in [9.17, 15) is 18.0 Å². The second-order valence-electron chi connectivity index (χ2n) is 11.3. The van der Waals surface area contributed by atoms with E-state index in [1.54, 1.807) is 30.2 Å². The van der Waals surface area contributed by atoms with Crippen molar-refractivity contribution in [1.82, 2.24) is 19.8 Å². The number of benzene rings is 1. The molecular weight excluding hydrogens is 576 g/mol. The standard InChI is InChI=1S/C29H40N6O5S2/c1-34-15-17-35(18-16-34)26(36)13-14-30-42(38,39)22-9-7-21(8-10-22)23(19-20-5-3-4-6-20)27(37)33-29-31-24-11-12-25(40-2)32-28(24)41-29/h7-12,20,23-24,28,30H,3-6,13-19H2,1-2H3,(H,31,33,37). The van der Waals surface area contributed by atoms with Crippen molar-refractivity contribution in [1.29, 1.82) is 0 Å². The third kappa shape index (κ3) is 7.61. The lowest BCUT2D eigenvalue weighted by atomic mass is 9.87. The van der Waals surface area contributed by atoms with Gasteiger partial charge >= 0.3 is 0 Å². The molecule has 2 amide bonds. The molecule has 0 radical (unpaired) electrons. The van der Waals surface area contributed by atoms with Crippen LogP contribution in [0, 0.1) is 5.92 Å². The maximum absolute atomic E-state index is 13.6. The van der Waals surface area contributed by atoms with Crippen LogP contribution in [0.25, 0.3) is 0 Å². The molecule has 2 N–H and O–H groups in total. The molecule has 0 spiro atoms. The van der Waals surface area contributed by atoms with Crippen LogP contribution in [0.3, 0.4) is 0 Å². The van der Waals surface area contributed by atoms with Crippen molar-refractivity contribution in [2.75, 3.05) is 46.9 Å². The summed E-state index contributed by atoms with van der Waals surface area (Å²) in [4.78, 5) is 39.3. The molecular formula is C29H40N6O5S2. The van der Waals surface area contributed by atoms with Crippen LogP contribution in [-0.2, 0) is 24.3 Å². The lowest BCUT2D eigenvalue weighted by Gasteiger charge is -2.32. The first-order valence-corrected chi connectivity index (χ1v) is 17.0. The summed E-state index contributed by atoms with van der Waals surface area (Å²) < 4.78 is 33.7. The van der Waals surface area contributed by atoms with E-state index in [2.05, 4.69) is 24.9 Å². The number of amides is 2. The van der Waals surface area contributed by atoms with Crippen molar-refractivity contribution in [3.63, 3.8) is 0 Å². The van der Waals surface area contributed by atoms with Gasteiger partial charge in [0, 0.05) is 39.1 Å². The fraction of sp³-hybridized carbons (Fsp3) is 0.586. The number of likely N-dealkylation sites (N-methyl/N-ethyl adjacent to an activating group) is 1. The fourth-order valence-electron chi connectivity index (χ4n) is 5.82. The third-order valence-corrected chi connectivity index (χ3v) is 10.9. The minimum Gasteiger partial charge on any atom is -0.481 e. The summed E-state index contributed by atoms with van der Waals surface area (Å²) >= 11 is 1.40. The Balaban J connectivity index is 1.21. The number of thioether (sulfide) groups is 1. The minimum absolute atomic E-state index is 0.0366. The normalized spacial score (nSPS) is 23.7. The smallest absolute Gasteiger partial charge is 0.240 e. The molecule has 1 saturated heterocycles. The Hall–Kier alpha value is -2.74. The third-order valence-electron chi connectivity index (χ3n) is 8.36. The van der Waals surface area contributed by atoms with Gasteiger partial charge in [-0.1, -0.05) is 55.7 Å². The molecule has 1 aliphatic carbocycles. The number of rotatable bonds is 9. The maximum atomic E-state index is 13.6. The molecule has 42 heavy (non-hydrogen) atoms. The number of piperazine rings is 1. The molecule has 1 aromatic rings. The van der Waals surface area contributed by atoms with E-state index in [-0.39, 0.29) is 41.1 Å². The maximum Gasteiger partial charge on any atom is 0.240 e. The highest BCUT2D eigenvalue weighted by molar-refractivity contribution is 8.14. The number of hydrogen-bond acceptors (Lipinski definition) is 9. The van der Waals surface area contributed by atoms with Crippen LogP contribution in [0.15, 0.2) is 51.3 Å². The number of nitrogens with zero attached hydrogens (tertiary/aromatic N) is 4. The first kappa shape index (κ1) is 30.7. The van der Waals surface area contributed by atoms with Crippen molar-refractivity contribution < 1.29 is 22.7 Å². The molecule has 3 atom stereocenters. The number of amidine groups is 1. The highest BCUT2D eigenvalue weighted by Gasteiger charge is 2.34. The van der Waals surface area contributed by atoms with Gasteiger partial charge in [0.2, 0.25) is 27.7 Å². The lowest BCUT2D eigenvalue weighted by Crippen LogP contribution is -2.47. The van der Waals surface area contributed by atoms with Crippen LogP contribution in [0.2, 0.25) is 0 Å². The molecule has 1 aromatic carbocycles. The number of fused-ring (bicyclic) bond motifs is 1. The van der Waals surface area contributed by atoms with Crippen molar-refractivity contribution in [2.24, 2.45) is 15.9 Å². The zero-order valence-electron chi connectivity index (χ0n) is 24.2. The van der Waals surface area contributed by atoms with Gasteiger partial charge in [-0.3, -0.25) is 14.6 Å². The van der Waals surface area contributed by atoms with E-state index < -0.39 is 15.9 Å². The summed E-state index contributed by atoms with van der Waals surface area (Å²) in [6.07, 6.45) is 9.03. The minimum atomic E-state index is -3.80. The fourth-order valence-corrected chi connectivity index (χ4v) is 7.87. The van der Waals surface area contributed by atoms with Crippen LogP contribution in [0.4, 0.5) is 0 Å². The lowest BCUT2D eigenvalue weighted by molar-refractivity contribution is -0.132. The molecule has 3 unspecified atom stereocenters. The number of aliphatic imine (C=N–C) groups is 2. The van der Waals surface area contributed by atoms with Crippen LogP contribution in [0.5, 0.6) is 0 Å². The summed E-state index contributed by atoms with van der Waals surface area (Å²) in [5, 5.41) is 3.38. The first-order valence-electron chi connectivity index (χ1n) is 14.6. The van der Waals surface area contributed by atoms with Crippen molar-refractivity contribution in [2.45, 2.75) is 60.8 Å². The number of carbonyl (C=O) groups is 2. The van der Waals surface area contributed by atoms with Gasteiger partial charge in [0.05, 0.1) is 17.9 Å². The predicted octanol–water partition coefficient (Wildman–Crippen LogP) is 2.32. The van der Waals surface area contributed by atoms with Gasteiger partial charge in [-0.15, -0.1) is 0 Å². The van der Waals surface area contributed by atoms with E-state index in [1.165, 1.54) is 23.9 Å². The number of carbonyl (C=O) groups excluding carboxylic acids is 2. The van der Waals surface area contributed by atoms with E-state index in [0.29, 0.717) is 36.5 Å². The van der Waals surface area contributed by atoms with Gasteiger partial charge in [0.25, 0.3) is 0 Å². The van der Waals surface area contributed by atoms with E-state index >= 15 is 0 Å². The Bertz CT molecular complexity index is 1330. The molecule has 3 aliphatic heterocycles. The molecule has 228 valence electrons. The second kappa shape index (κ2) is 13.7. The number of sulfonamides is 1. The van der Waals surface area contributed by atoms with Gasteiger partial charge in [0.15, 0.2) is 5.17 Å². The van der Waals surface area contributed by atoms with Crippen LogP contribution < -0.4 is 10.0 Å². The van der Waals surface area contributed by atoms with Gasteiger partial charge in [-0.05, 0) is 43.2 Å². The Morgan fingerprint density at radius 1 is 1.10 bits per heavy atom. The Morgan fingerprint density at radius 3 is 2.50 bits per heavy atom. The first-order chi connectivity index (χ1) is 20.2. The SMILES string of the molecule is COC1=NC2SC(NC(=O)C(CC3CCCC3)c3ccc(S(=O)(=O)NCCC(=O)N4CCN(C)CC4)cc3)=NC2C=C1. The molecule has 13 heteroatoms. The van der Waals surface area contributed by atoms with E-state index in [4.69, 9.17) is 4.74 Å². The monoisotopic (exact) mass is 616 g/mol. The molecule has 0 bridgehead atoms. The molecule has 5 rings (SSSR count). The Labute approximate surface area is 252 Å².